The highest BCUT2D eigenvalue weighted by Crippen LogP contribution is 2.29. The van der Waals surface area contributed by atoms with Gasteiger partial charge in [0.2, 0.25) is 10.0 Å². The van der Waals surface area contributed by atoms with Crippen molar-refractivity contribution >= 4 is 21.2 Å². The molecule has 0 amide bonds. The summed E-state index contributed by atoms with van der Waals surface area (Å²) in [4.78, 5) is 20.0. The molecule has 3 heterocycles. The highest BCUT2D eigenvalue weighted by Gasteiger charge is 2.31. The monoisotopic (exact) mass is 468 g/mol. The largest absolute Gasteiger partial charge is 0.308 e. The molecular weight excluding hydrogens is 447 g/mol. The van der Waals surface area contributed by atoms with Crippen LogP contribution in [-0.2, 0) is 16.6 Å². The molecule has 0 saturated carbocycles. The van der Waals surface area contributed by atoms with Gasteiger partial charge in [-0.25, -0.2) is 22.5 Å². The normalized spacial score (nSPS) is 15.8. The van der Waals surface area contributed by atoms with Gasteiger partial charge in [0, 0.05) is 19.0 Å². The molecular formula is C22H21FN6O3S. The first-order valence-electron chi connectivity index (χ1n) is 10.5. The molecule has 5 rings (SSSR count). The molecule has 0 bridgehead atoms. The number of nitrogens with zero attached hydrogens (tertiary/aromatic N) is 5. The SMILES string of the molecule is O=c1[nH]c(C2CCN(S(=O)(=O)c3cccc(F)c3)CC2)nc2c1nnn2Cc1ccccc1. The van der Waals surface area contributed by atoms with Gasteiger partial charge in [0.05, 0.1) is 11.4 Å². The number of hydrogen-bond acceptors (Lipinski definition) is 6. The first-order valence-corrected chi connectivity index (χ1v) is 12.0. The molecule has 1 fully saturated rings. The first kappa shape index (κ1) is 21.4. The Labute approximate surface area is 188 Å². The Kier molecular flexibility index (Phi) is 5.51. The number of rotatable bonds is 5. The quantitative estimate of drug-likeness (QED) is 0.481. The van der Waals surface area contributed by atoms with Crippen molar-refractivity contribution in [2.45, 2.75) is 30.2 Å². The van der Waals surface area contributed by atoms with Crippen LogP contribution >= 0.6 is 0 Å². The summed E-state index contributed by atoms with van der Waals surface area (Å²) in [5.41, 5.74) is 1.20. The van der Waals surface area contributed by atoms with Gasteiger partial charge < -0.3 is 4.98 Å². The van der Waals surface area contributed by atoms with Crippen molar-refractivity contribution in [2.75, 3.05) is 13.1 Å². The van der Waals surface area contributed by atoms with Gasteiger partial charge in [0.25, 0.3) is 5.56 Å². The number of fused-ring (bicyclic) bond motifs is 1. The Morgan fingerprint density at radius 2 is 1.82 bits per heavy atom. The molecule has 170 valence electrons. The summed E-state index contributed by atoms with van der Waals surface area (Å²) in [6.45, 7) is 0.914. The van der Waals surface area contributed by atoms with Crippen molar-refractivity contribution in [3.63, 3.8) is 0 Å². The van der Waals surface area contributed by atoms with Crippen molar-refractivity contribution in [2.24, 2.45) is 0 Å². The fourth-order valence-corrected chi connectivity index (χ4v) is 5.59. The molecule has 33 heavy (non-hydrogen) atoms. The van der Waals surface area contributed by atoms with Gasteiger partial charge in [-0.2, -0.15) is 4.31 Å². The molecule has 0 atom stereocenters. The number of H-pyrrole nitrogens is 1. The van der Waals surface area contributed by atoms with Gasteiger partial charge in [0.1, 0.15) is 11.6 Å². The van der Waals surface area contributed by atoms with Gasteiger partial charge in [-0.15, -0.1) is 5.10 Å². The zero-order valence-corrected chi connectivity index (χ0v) is 18.4. The molecule has 0 spiro atoms. The van der Waals surface area contributed by atoms with E-state index in [9.17, 15) is 17.6 Å². The lowest BCUT2D eigenvalue weighted by Gasteiger charge is -2.30. The minimum Gasteiger partial charge on any atom is -0.308 e. The zero-order chi connectivity index (χ0) is 23.0. The van der Waals surface area contributed by atoms with Crippen LogP contribution in [0.1, 0.15) is 30.1 Å². The van der Waals surface area contributed by atoms with E-state index in [1.165, 1.54) is 22.5 Å². The van der Waals surface area contributed by atoms with Crippen LogP contribution in [0, 0.1) is 5.82 Å². The van der Waals surface area contributed by atoms with Crippen LogP contribution in [0.15, 0.2) is 64.3 Å². The summed E-state index contributed by atoms with van der Waals surface area (Å²) in [6, 6.07) is 14.7. The van der Waals surface area contributed by atoms with Crippen molar-refractivity contribution in [3.8, 4) is 0 Å². The molecule has 1 N–H and O–H groups in total. The Balaban J connectivity index is 1.37. The van der Waals surface area contributed by atoms with E-state index in [1.54, 1.807) is 4.68 Å². The number of hydrogen-bond donors (Lipinski definition) is 1. The lowest BCUT2D eigenvalue weighted by molar-refractivity contribution is 0.313. The third kappa shape index (κ3) is 4.16. The lowest BCUT2D eigenvalue weighted by atomic mass is 9.97. The van der Waals surface area contributed by atoms with Crippen LogP contribution in [0.4, 0.5) is 4.39 Å². The second kappa shape index (κ2) is 8.49. The Hall–Kier alpha value is -3.44. The lowest BCUT2D eigenvalue weighted by Crippen LogP contribution is -2.38. The molecule has 0 aliphatic carbocycles. The average molecular weight is 469 g/mol. The van der Waals surface area contributed by atoms with Gasteiger partial charge in [-0.05, 0) is 36.6 Å². The summed E-state index contributed by atoms with van der Waals surface area (Å²) in [5.74, 6) is -0.227. The minimum atomic E-state index is -3.79. The standard InChI is InChI=1S/C22H21FN6O3S/c23-17-7-4-8-18(13-17)33(31,32)28-11-9-16(10-12-28)20-24-21-19(22(30)25-20)26-27-29(21)14-15-5-2-1-3-6-15/h1-8,13,16H,9-12,14H2,(H,24,25,30). The van der Waals surface area contributed by atoms with Crippen LogP contribution in [0.3, 0.4) is 0 Å². The highest BCUT2D eigenvalue weighted by molar-refractivity contribution is 7.89. The van der Waals surface area contributed by atoms with Crippen molar-refractivity contribution in [1.29, 1.82) is 0 Å². The maximum Gasteiger partial charge on any atom is 0.281 e. The maximum atomic E-state index is 13.5. The van der Waals surface area contributed by atoms with Gasteiger partial charge in [-0.1, -0.05) is 41.6 Å². The molecule has 2 aromatic heterocycles. The van der Waals surface area contributed by atoms with Crippen LogP contribution in [0.5, 0.6) is 0 Å². The van der Waals surface area contributed by atoms with E-state index in [-0.39, 0.29) is 35.0 Å². The number of aromatic nitrogens is 5. The van der Waals surface area contributed by atoms with Crippen LogP contribution < -0.4 is 5.56 Å². The topological polar surface area (TPSA) is 114 Å². The number of piperidine rings is 1. The van der Waals surface area contributed by atoms with E-state index in [4.69, 9.17) is 0 Å². The number of nitrogens with one attached hydrogen (secondary N) is 1. The summed E-state index contributed by atoms with van der Waals surface area (Å²) >= 11 is 0. The number of benzene rings is 2. The average Bonchev–Trinajstić information content (AvgIpc) is 3.23. The summed E-state index contributed by atoms with van der Waals surface area (Å²) in [6.07, 6.45) is 0.951. The fraction of sp³-hybridized carbons (Fsp3) is 0.273. The second-order valence-corrected chi connectivity index (χ2v) is 9.93. The molecule has 1 saturated heterocycles. The molecule has 0 radical (unpaired) electrons. The maximum absolute atomic E-state index is 13.5. The van der Waals surface area contributed by atoms with Gasteiger partial charge in [0.15, 0.2) is 11.2 Å². The number of sulfonamides is 1. The first-order chi connectivity index (χ1) is 15.9. The van der Waals surface area contributed by atoms with Crippen LogP contribution in [0.2, 0.25) is 0 Å². The third-order valence-electron chi connectivity index (χ3n) is 5.84. The predicted octanol–water partition coefficient (Wildman–Crippen LogP) is 2.27. The summed E-state index contributed by atoms with van der Waals surface area (Å²) < 4.78 is 42.2. The third-order valence-corrected chi connectivity index (χ3v) is 7.74. The molecule has 2 aromatic carbocycles. The number of halogens is 1. The van der Waals surface area contributed by atoms with Crippen LogP contribution in [0.25, 0.3) is 11.2 Å². The Morgan fingerprint density at radius 3 is 2.55 bits per heavy atom. The summed E-state index contributed by atoms with van der Waals surface area (Å²) in [5, 5.41) is 8.06. The van der Waals surface area contributed by atoms with Crippen molar-refractivity contribution in [1.82, 2.24) is 29.3 Å². The molecule has 4 aromatic rings. The summed E-state index contributed by atoms with van der Waals surface area (Å²) in [7, 11) is -3.79. The van der Waals surface area contributed by atoms with E-state index < -0.39 is 15.8 Å². The molecule has 1 aliphatic rings. The van der Waals surface area contributed by atoms with E-state index in [1.807, 2.05) is 30.3 Å². The van der Waals surface area contributed by atoms with E-state index in [2.05, 4.69) is 20.3 Å². The molecule has 0 unspecified atom stereocenters. The molecule has 11 heteroatoms. The van der Waals surface area contributed by atoms with E-state index in [0.29, 0.717) is 30.9 Å². The minimum absolute atomic E-state index is 0.0650. The van der Waals surface area contributed by atoms with E-state index >= 15 is 0 Å². The molecule has 1 aliphatic heterocycles. The zero-order valence-electron chi connectivity index (χ0n) is 17.6. The van der Waals surface area contributed by atoms with Crippen molar-refractivity contribution in [3.05, 3.63) is 82.2 Å². The Bertz CT molecular complexity index is 1460. The van der Waals surface area contributed by atoms with Crippen molar-refractivity contribution < 1.29 is 12.8 Å². The molecule has 9 nitrogen and oxygen atoms in total. The van der Waals surface area contributed by atoms with Crippen LogP contribution in [-0.4, -0.2) is 50.8 Å². The van der Waals surface area contributed by atoms with Gasteiger partial charge >= 0.3 is 0 Å². The highest BCUT2D eigenvalue weighted by atomic mass is 32.2. The van der Waals surface area contributed by atoms with E-state index in [0.717, 1.165) is 11.6 Å². The number of aromatic amines is 1. The second-order valence-electron chi connectivity index (χ2n) is 7.99. The smallest absolute Gasteiger partial charge is 0.281 e. The van der Waals surface area contributed by atoms with Gasteiger partial charge in [-0.3, -0.25) is 4.79 Å². The predicted molar refractivity (Wildman–Crippen MR) is 119 cm³/mol. The fourth-order valence-electron chi connectivity index (χ4n) is 4.09. The Morgan fingerprint density at radius 1 is 1.06 bits per heavy atom.